The van der Waals surface area contributed by atoms with Gasteiger partial charge in [-0.25, -0.2) is 9.97 Å². The Morgan fingerprint density at radius 3 is 2.71 bits per heavy atom. The van der Waals surface area contributed by atoms with Crippen LogP contribution in [0.5, 0.6) is 0 Å². The monoisotopic (exact) mass is 313 g/mol. The Labute approximate surface area is 126 Å². The summed E-state index contributed by atoms with van der Waals surface area (Å²) < 4.78 is 0. The summed E-state index contributed by atoms with van der Waals surface area (Å²) in [5.74, 6) is -0.142. The highest BCUT2D eigenvalue weighted by Gasteiger charge is 2.27. The summed E-state index contributed by atoms with van der Waals surface area (Å²) in [5.41, 5.74) is -0.419. The fourth-order valence-corrected chi connectivity index (χ4v) is 2.48. The van der Waals surface area contributed by atoms with Crippen molar-refractivity contribution >= 4 is 29.0 Å². The number of likely N-dealkylation sites (tertiary alicyclic amines) is 1. The molecule has 2 heterocycles. The second-order valence-electron chi connectivity index (χ2n) is 4.87. The molecule has 1 atom stereocenters. The molecule has 0 radical (unpaired) electrons. The lowest BCUT2D eigenvalue weighted by Crippen LogP contribution is -2.44. The first kappa shape index (κ1) is 15.4. The molecule has 0 aromatic carbocycles. The van der Waals surface area contributed by atoms with Gasteiger partial charge in [0.2, 0.25) is 16.9 Å². The molecule has 21 heavy (non-hydrogen) atoms. The number of hydrogen-bond acceptors (Lipinski definition) is 6. The smallest absolute Gasteiger partial charge is 0.348 e. The van der Waals surface area contributed by atoms with Gasteiger partial charge in [-0.3, -0.25) is 14.9 Å². The van der Waals surface area contributed by atoms with E-state index in [0.29, 0.717) is 0 Å². The predicted octanol–water partition coefficient (Wildman–Crippen LogP) is 1.85. The highest BCUT2D eigenvalue weighted by atomic mass is 35.5. The number of halogens is 1. The van der Waals surface area contributed by atoms with Gasteiger partial charge in [-0.1, -0.05) is 11.6 Å². The van der Waals surface area contributed by atoms with Gasteiger partial charge in [0.05, 0.1) is 4.92 Å². The van der Waals surface area contributed by atoms with Crippen molar-refractivity contribution in [3.63, 3.8) is 0 Å². The number of rotatable bonds is 4. The van der Waals surface area contributed by atoms with E-state index >= 15 is 0 Å². The minimum absolute atomic E-state index is 0.0436. The quantitative estimate of drug-likeness (QED) is 0.517. The first-order chi connectivity index (χ1) is 10.0. The van der Waals surface area contributed by atoms with Crippen LogP contribution in [0.2, 0.25) is 5.15 Å². The summed E-state index contributed by atoms with van der Waals surface area (Å²) in [6.07, 6.45) is 4.21. The molecule has 0 bridgehead atoms. The third-order valence-corrected chi connectivity index (χ3v) is 3.63. The number of aromatic nitrogens is 2. The topological polar surface area (TPSA) is 101 Å². The van der Waals surface area contributed by atoms with E-state index in [1.165, 1.54) is 0 Å². The summed E-state index contributed by atoms with van der Waals surface area (Å²) >= 11 is 5.71. The van der Waals surface area contributed by atoms with Gasteiger partial charge >= 0.3 is 5.69 Å². The molecule has 1 N–H and O–H groups in total. The fourth-order valence-electron chi connectivity index (χ4n) is 2.28. The standard InChI is InChI=1S/C12H16ClN5O3/c1-8(12(19)17-5-3-2-4-6-17)16-11-9(18(20)21)10(13)14-7-15-11/h7-8H,2-6H2,1H3,(H,14,15,16). The van der Waals surface area contributed by atoms with E-state index < -0.39 is 16.7 Å². The minimum atomic E-state index is -0.664. The molecule has 0 saturated carbocycles. The lowest BCUT2D eigenvalue weighted by atomic mass is 10.1. The Morgan fingerprint density at radius 2 is 2.10 bits per heavy atom. The molecule has 9 heteroatoms. The van der Waals surface area contributed by atoms with Crippen LogP contribution in [0.15, 0.2) is 6.33 Å². The van der Waals surface area contributed by atoms with Crippen LogP contribution >= 0.6 is 11.6 Å². The molecular formula is C12H16ClN5O3. The molecule has 1 aromatic rings. The zero-order valence-electron chi connectivity index (χ0n) is 11.6. The van der Waals surface area contributed by atoms with Crippen LogP contribution < -0.4 is 5.32 Å². The Kier molecular flexibility index (Phi) is 4.89. The molecule has 2 rings (SSSR count). The van der Waals surface area contributed by atoms with E-state index in [2.05, 4.69) is 15.3 Å². The van der Waals surface area contributed by atoms with Crippen LogP contribution in [0.1, 0.15) is 26.2 Å². The molecular weight excluding hydrogens is 298 g/mol. The van der Waals surface area contributed by atoms with Crippen molar-refractivity contribution in [1.82, 2.24) is 14.9 Å². The highest BCUT2D eigenvalue weighted by Crippen LogP contribution is 2.28. The first-order valence-corrected chi connectivity index (χ1v) is 7.08. The average Bonchev–Trinajstić information content (AvgIpc) is 2.47. The number of anilines is 1. The highest BCUT2D eigenvalue weighted by molar-refractivity contribution is 6.31. The fraction of sp³-hybridized carbons (Fsp3) is 0.583. The molecule has 8 nitrogen and oxygen atoms in total. The van der Waals surface area contributed by atoms with Gasteiger partial charge < -0.3 is 10.2 Å². The molecule has 1 aromatic heterocycles. The number of carbonyl (C=O) groups is 1. The minimum Gasteiger partial charge on any atom is -0.353 e. The van der Waals surface area contributed by atoms with E-state index in [1.807, 2.05) is 0 Å². The zero-order valence-corrected chi connectivity index (χ0v) is 12.3. The van der Waals surface area contributed by atoms with E-state index in [4.69, 9.17) is 11.6 Å². The SMILES string of the molecule is CC(Nc1ncnc(Cl)c1[N+](=O)[O-])C(=O)N1CCCCC1. The van der Waals surface area contributed by atoms with Crippen molar-refractivity contribution in [3.8, 4) is 0 Å². The molecule has 1 aliphatic rings. The number of amides is 1. The van der Waals surface area contributed by atoms with Gasteiger partial charge in [0.15, 0.2) is 0 Å². The average molecular weight is 314 g/mol. The molecule has 0 aliphatic carbocycles. The van der Waals surface area contributed by atoms with Crippen LogP contribution in [0.3, 0.4) is 0 Å². The molecule has 1 saturated heterocycles. The summed E-state index contributed by atoms with van der Waals surface area (Å²) in [4.78, 5) is 31.8. The number of nitro groups is 1. The normalized spacial score (nSPS) is 16.4. The second-order valence-corrected chi connectivity index (χ2v) is 5.23. The van der Waals surface area contributed by atoms with Crippen LogP contribution in [0.4, 0.5) is 11.5 Å². The van der Waals surface area contributed by atoms with E-state index in [-0.39, 0.29) is 16.9 Å². The van der Waals surface area contributed by atoms with Crippen LogP contribution in [-0.2, 0) is 4.79 Å². The zero-order chi connectivity index (χ0) is 15.4. The number of nitrogens with zero attached hydrogens (tertiary/aromatic N) is 4. The van der Waals surface area contributed by atoms with Gasteiger partial charge in [0.1, 0.15) is 12.4 Å². The Bertz CT molecular complexity index is 548. The maximum Gasteiger partial charge on any atom is 0.348 e. The molecule has 114 valence electrons. The van der Waals surface area contributed by atoms with Gasteiger partial charge in [0.25, 0.3) is 0 Å². The van der Waals surface area contributed by atoms with Crippen molar-refractivity contribution in [1.29, 1.82) is 0 Å². The van der Waals surface area contributed by atoms with Crippen molar-refractivity contribution in [2.75, 3.05) is 18.4 Å². The molecule has 1 amide bonds. The third-order valence-electron chi connectivity index (χ3n) is 3.35. The molecule has 1 fully saturated rings. The number of piperidine rings is 1. The van der Waals surface area contributed by atoms with Crippen molar-refractivity contribution in [3.05, 3.63) is 21.6 Å². The lowest BCUT2D eigenvalue weighted by Gasteiger charge is -2.29. The maximum atomic E-state index is 12.3. The molecule has 1 aliphatic heterocycles. The first-order valence-electron chi connectivity index (χ1n) is 6.71. The van der Waals surface area contributed by atoms with Gasteiger partial charge in [0, 0.05) is 13.1 Å². The number of hydrogen-bond donors (Lipinski definition) is 1. The van der Waals surface area contributed by atoms with Crippen LogP contribution in [0, 0.1) is 10.1 Å². The summed E-state index contributed by atoms with van der Waals surface area (Å²) in [7, 11) is 0. The Hall–Kier alpha value is -1.96. The van der Waals surface area contributed by atoms with Crippen LogP contribution in [0.25, 0.3) is 0 Å². The van der Waals surface area contributed by atoms with E-state index in [9.17, 15) is 14.9 Å². The van der Waals surface area contributed by atoms with Crippen molar-refractivity contribution in [2.45, 2.75) is 32.2 Å². The summed E-state index contributed by atoms with van der Waals surface area (Å²) in [6, 6.07) is -0.618. The molecule has 1 unspecified atom stereocenters. The van der Waals surface area contributed by atoms with E-state index in [1.54, 1.807) is 11.8 Å². The van der Waals surface area contributed by atoms with Crippen molar-refractivity contribution < 1.29 is 9.72 Å². The molecule has 0 spiro atoms. The number of carbonyl (C=O) groups excluding carboxylic acids is 1. The van der Waals surface area contributed by atoms with Gasteiger partial charge in [-0.15, -0.1) is 0 Å². The Balaban J connectivity index is 2.12. The largest absolute Gasteiger partial charge is 0.353 e. The van der Waals surface area contributed by atoms with E-state index in [0.717, 1.165) is 38.7 Å². The predicted molar refractivity (Wildman–Crippen MR) is 77.2 cm³/mol. The lowest BCUT2D eigenvalue weighted by molar-refractivity contribution is -0.384. The van der Waals surface area contributed by atoms with Crippen LogP contribution in [-0.4, -0.2) is 44.8 Å². The summed E-state index contributed by atoms with van der Waals surface area (Å²) in [6.45, 7) is 3.09. The number of nitrogens with one attached hydrogen (secondary N) is 1. The van der Waals surface area contributed by atoms with Crippen molar-refractivity contribution in [2.24, 2.45) is 0 Å². The third kappa shape index (κ3) is 3.57. The van der Waals surface area contributed by atoms with Gasteiger partial charge in [-0.2, -0.15) is 0 Å². The maximum absolute atomic E-state index is 12.3. The van der Waals surface area contributed by atoms with Gasteiger partial charge in [-0.05, 0) is 26.2 Å². The summed E-state index contributed by atoms with van der Waals surface area (Å²) in [5, 5.41) is 13.5. The second kappa shape index (κ2) is 6.66. The Morgan fingerprint density at radius 1 is 1.43 bits per heavy atom.